The first-order valence-corrected chi connectivity index (χ1v) is 8.96. The number of benzene rings is 2. The van der Waals surface area contributed by atoms with Gasteiger partial charge in [-0.1, -0.05) is 42.5 Å². The van der Waals surface area contributed by atoms with E-state index in [0.29, 0.717) is 5.75 Å². The van der Waals surface area contributed by atoms with E-state index in [1.54, 1.807) is 12.1 Å². The molecule has 2 aromatic carbocycles. The summed E-state index contributed by atoms with van der Waals surface area (Å²) in [4.78, 5) is 22.0. The summed E-state index contributed by atoms with van der Waals surface area (Å²) in [7, 11) is 0. The molecule has 0 aliphatic carbocycles. The second-order valence-electron chi connectivity index (χ2n) is 6.46. The molecule has 2 atom stereocenters. The first-order valence-electron chi connectivity index (χ1n) is 8.96. The molecule has 0 saturated carbocycles. The van der Waals surface area contributed by atoms with Gasteiger partial charge in [0.25, 0.3) is 0 Å². The van der Waals surface area contributed by atoms with E-state index in [9.17, 15) is 14.7 Å². The van der Waals surface area contributed by atoms with Gasteiger partial charge in [0.05, 0.1) is 0 Å². The molecule has 4 N–H and O–H groups in total. The van der Waals surface area contributed by atoms with Crippen molar-refractivity contribution in [2.45, 2.75) is 44.2 Å². The molecule has 0 aliphatic heterocycles. The normalized spacial score (nSPS) is 12.9. The molecule has 144 valence electrons. The second kappa shape index (κ2) is 10.3. The zero-order valence-corrected chi connectivity index (χ0v) is 15.1. The minimum absolute atomic E-state index is 0.300. The van der Waals surface area contributed by atoms with Gasteiger partial charge in [0.1, 0.15) is 11.8 Å². The fourth-order valence-corrected chi connectivity index (χ4v) is 2.73. The van der Waals surface area contributed by atoms with E-state index in [-0.39, 0.29) is 6.42 Å². The summed E-state index contributed by atoms with van der Waals surface area (Å²) in [6.45, 7) is 0. The minimum Gasteiger partial charge on any atom is -0.480 e. The molecule has 1 unspecified atom stereocenters. The number of aliphatic carboxylic acids is 2. The van der Waals surface area contributed by atoms with Gasteiger partial charge in [0, 0.05) is 6.42 Å². The number of aryl methyl sites for hydroxylation is 2. The van der Waals surface area contributed by atoms with Crippen LogP contribution in [0.25, 0.3) is 0 Å². The van der Waals surface area contributed by atoms with Gasteiger partial charge in [0.15, 0.2) is 6.10 Å². The number of carbonyl (C=O) groups is 2. The van der Waals surface area contributed by atoms with E-state index in [0.717, 1.165) is 31.2 Å². The number of hydrogen-bond acceptors (Lipinski definition) is 4. The largest absolute Gasteiger partial charge is 0.480 e. The molecule has 2 aromatic rings. The molecule has 0 aliphatic rings. The molecule has 0 aromatic heterocycles. The molecule has 0 radical (unpaired) electrons. The molecule has 27 heavy (non-hydrogen) atoms. The summed E-state index contributed by atoms with van der Waals surface area (Å²) in [6, 6.07) is 16.3. The smallest absolute Gasteiger partial charge is 0.344 e. The van der Waals surface area contributed by atoms with Crippen LogP contribution in [0.3, 0.4) is 0 Å². The Morgan fingerprint density at radius 2 is 1.41 bits per heavy atom. The maximum absolute atomic E-state index is 11.2. The molecule has 6 nitrogen and oxygen atoms in total. The Labute approximate surface area is 158 Å². The van der Waals surface area contributed by atoms with Gasteiger partial charge in [-0.05, 0) is 48.9 Å². The highest BCUT2D eigenvalue weighted by Gasteiger charge is 2.26. The minimum atomic E-state index is -1.30. The van der Waals surface area contributed by atoms with Crippen molar-refractivity contribution in [3.05, 3.63) is 65.7 Å². The summed E-state index contributed by atoms with van der Waals surface area (Å²) >= 11 is 0. The number of carboxylic acids is 2. The van der Waals surface area contributed by atoms with Crippen molar-refractivity contribution in [3.8, 4) is 5.75 Å². The predicted octanol–water partition coefficient (Wildman–Crippen LogP) is 2.89. The highest BCUT2D eigenvalue weighted by Crippen LogP contribution is 2.17. The number of ether oxygens (including phenoxy) is 1. The second-order valence-corrected chi connectivity index (χ2v) is 6.46. The molecule has 0 bridgehead atoms. The van der Waals surface area contributed by atoms with Crippen LogP contribution in [0.1, 0.15) is 30.4 Å². The first kappa shape index (κ1) is 20.5. The average Bonchev–Trinajstić information content (AvgIpc) is 2.66. The summed E-state index contributed by atoms with van der Waals surface area (Å²) in [6.07, 6.45) is 2.53. The summed E-state index contributed by atoms with van der Waals surface area (Å²) in [5.41, 5.74) is 7.88. The fourth-order valence-electron chi connectivity index (χ4n) is 2.73. The topological polar surface area (TPSA) is 110 Å². The molecule has 0 amide bonds. The number of rotatable bonds is 11. The van der Waals surface area contributed by atoms with E-state index >= 15 is 0 Å². The Morgan fingerprint density at radius 3 is 1.93 bits per heavy atom. The third-order valence-corrected chi connectivity index (χ3v) is 4.29. The third kappa shape index (κ3) is 7.11. The fraction of sp³-hybridized carbons (Fsp3) is 0.333. The lowest BCUT2D eigenvalue weighted by molar-refractivity contribution is -0.146. The molecule has 0 fully saturated rings. The van der Waals surface area contributed by atoms with Gasteiger partial charge in [0.2, 0.25) is 0 Å². The van der Waals surface area contributed by atoms with E-state index in [2.05, 4.69) is 12.1 Å². The Bertz CT molecular complexity index is 730. The van der Waals surface area contributed by atoms with Crippen LogP contribution in [0.2, 0.25) is 0 Å². The average molecular weight is 371 g/mol. The van der Waals surface area contributed by atoms with Gasteiger partial charge >= 0.3 is 11.9 Å². The van der Waals surface area contributed by atoms with Gasteiger partial charge in [-0.3, -0.25) is 4.79 Å². The Balaban J connectivity index is 1.81. The first-order chi connectivity index (χ1) is 13.0. The molecule has 2 rings (SSSR count). The van der Waals surface area contributed by atoms with Crippen molar-refractivity contribution in [3.63, 3.8) is 0 Å². The number of nitrogens with two attached hydrogens (primary N) is 1. The quantitative estimate of drug-likeness (QED) is 0.524. The van der Waals surface area contributed by atoms with E-state index < -0.39 is 24.1 Å². The van der Waals surface area contributed by atoms with Crippen LogP contribution in [-0.4, -0.2) is 34.3 Å². The van der Waals surface area contributed by atoms with Crippen molar-refractivity contribution in [1.82, 2.24) is 0 Å². The Morgan fingerprint density at radius 1 is 0.852 bits per heavy atom. The van der Waals surface area contributed by atoms with Crippen LogP contribution in [-0.2, 0) is 22.4 Å². The molecular weight excluding hydrogens is 346 g/mol. The van der Waals surface area contributed by atoms with Crippen LogP contribution < -0.4 is 10.5 Å². The monoisotopic (exact) mass is 371 g/mol. The predicted molar refractivity (Wildman–Crippen MR) is 102 cm³/mol. The van der Waals surface area contributed by atoms with Crippen molar-refractivity contribution < 1.29 is 24.5 Å². The van der Waals surface area contributed by atoms with Crippen LogP contribution >= 0.6 is 0 Å². The summed E-state index contributed by atoms with van der Waals surface area (Å²) in [5, 5.41) is 18.0. The van der Waals surface area contributed by atoms with Gasteiger partial charge in [-0.15, -0.1) is 0 Å². The summed E-state index contributed by atoms with van der Waals surface area (Å²) < 4.78 is 5.39. The standard InChI is InChI=1S/C21H25NO5/c22-18(20(23)24)14-19(21(25)26)27-17-12-10-16(11-13-17)9-5-4-8-15-6-2-1-3-7-15/h1-3,6-7,10-13,18-19H,4-5,8-9,14,22H2,(H,23,24)(H,25,26)/t18-,19?/m0/s1. The Kier molecular flexibility index (Phi) is 7.82. The van der Waals surface area contributed by atoms with Gasteiger partial charge in [-0.2, -0.15) is 0 Å². The maximum Gasteiger partial charge on any atom is 0.344 e. The van der Waals surface area contributed by atoms with E-state index in [1.807, 2.05) is 30.3 Å². The van der Waals surface area contributed by atoms with Gasteiger partial charge in [-0.25, -0.2) is 4.79 Å². The molecule has 6 heteroatoms. The van der Waals surface area contributed by atoms with Crippen LogP contribution in [0, 0.1) is 0 Å². The number of unbranched alkanes of at least 4 members (excludes halogenated alkanes) is 1. The number of hydrogen-bond donors (Lipinski definition) is 3. The lowest BCUT2D eigenvalue weighted by atomic mass is 10.0. The highest BCUT2D eigenvalue weighted by molar-refractivity contribution is 5.77. The maximum atomic E-state index is 11.2. The van der Waals surface area contributed by atoms with Crippen molar-refractivity contribution in [2.24, 2.45) is 5.73 Å². The van der Waals surface area contributed by atoms with E-state index in [1.165, 1.54) is 5.56 Å². The summed E-state index contributed by atoms with van der Waals surface area (Å²) in [5.74, 6) is -2.11. The Hall–Kier alpha value is -2.86. The SMILES string of the molecule is N[C@@H](CC(Oc1ccc(CCCCc2ccccc2)cc1)C(=O)O)C(=O)O. The molecular formula is C21H25NO5. The van der Waals surface area contributed by atoms with Crippen LogP contribution in [0.5, 0.6) is 5.75 Å². The van der Waals surface area contributed by atoms with Crippen molar-refractivity contribution in [2.75, 3.05) is 0 Å². The van der Waals surface area contributed by atoms with E-state index in [4.69, 9.17) is 15.6 Å². The zero-order chi connectivity index (χ0) is 19.6. The number of carboxylic acid groups (broad SMARTS) is 2. The van der Waals surface area contributed by atoms with Crippen molar-refractivity contribution >= 4 is 11.9 Å². The molecule has 0 heterocycles. The zero-order valence-electron chi connectivity index (χ0n) is 15.1. The van der Waals surface area contributed by atoms with Gasteiger partial charge < -0.3 is 20.7 Å². The third-order valence-electron chi connectivity index (χ3n) is 4.29. The molecule has 0 saturated heterocycles. The highest BCUT2D eigenvalue weighted by atomic mass is 16.5. The van der Waals surface area contributed by atoms with Crippen molar-refractivity contribution in [1.29, 1.82) is 0 Å². The lowest BCUT2D eigenvalue weighted by Crippen LogP contribution is -2.39. The molecule has 0 spiro atoms. The van der Waals surface area contributed by atoms with Crippen LogP contribution in [0.4, 0.5) is 0 Å². The van der Waals surface area contributed by atoms with Crippen LogP contribution in [0.15, 0.2) is 54.6 Å². The lowest BCUT2D eigenvalue weighted by Gasteiger charge is -2.17.